The van der Waals surface area contributed by atoms with Crippen LogP contribution in [0.15, 0.2) is 47.3 Å². The summed E-state index contributed by atoms with van der Waals surface area (Å²) in [5, 5.41) is 18.8. The maximum Gasteiger partial charge on any atom is 0.272 e. The minimum absolute atomic E-state index is 0.0292. The van der Waals surface area contributed by atoms with Gasteiger partial charge in [-0.05, 0) is 54.9 Å². The van der Waals surface area contributed by atoms with E-state index in [0.717, 1.165) is 25.2 Å². The fourth-order valence-corrected chi connectivity index (χ4v) is 6.17. The molecule has 4 aromatic rings. The topological polar surface area (TPSA) is 97.8 Å². The first kappa shape index (κ1) is 24.6. The second-order valence-corrected chi connectivity index (χ2v) is 10.6. The van der Waals surface area contributed by atoms with Crippen molar-refractivity contribution >= 4 is 0 Å². The van der Waals surface area contributed by atoms with E-state index in [-0.39, 0.29) is 34.5 Å². The summed E-state index contributed by atoms with van der Waals surface area (Å²) in [4.78, 5) is 13.1. The fraction of sp³-hybridized carbons (Fsp3) is 0.370. The average molecular weight is 526 g/mol. The zero-order valence-corrected chi connectivity index (χ0v) is 20.7. The monoisotopic (exact) mass is 525 g/mol. The number of aliphatic hydroxyl groups is 1. The predicted molar refractivity (Wildman–Crippen MR) is 127 cm³/mol. The zero-order chi connectivity index (χ0) is 27.0. The molecule has 2 aliphatic carbocycles. The summed E-state index contributed by atoms with van der Waals surface area (Å²) in [6.07, 6.45) is 2.41. The van der Waals surface area contributed by atoms with Crippen molar-refractivity contribution in [3.63, 3.8) is 0 Å². The summed E-state index contributed by atoms with van der Waals surface area (Å²) in [6, 6.07) is 5.37. The molecular formula is C27H23F4N5O2. The average Bonchev–Trinajstić information content (AvgIpc) is 3.53. The Bertz CT molecular complexity index is 1550. The third-order valence-electron chi connectivity index (χ3n) is 8.34. The maximum absolute atomic E-state index is 14.5. The molecule has 0 radical (unpaired) electrons. The highest BCUT2D eigenvalue weighted by atomic mass is 19.3. The van der Waals surface area contributed by atoms with Crippen LogP contribution in [0, 0.1) is 17.0 Å². The summed E-state index contributed by atoms with van der Waals surface area (Å²) < 4.78 is 60.9. The predicted octanol–water partition coefficient (Wildman–Crippen LogP) is 5.54. The van der Waals surface area contributed by atoms with Gasteiger partial charge < -0.3 is 9.52 Å². The summed E-state index contributed by atoms with van der Waals surface area (Å²) in [5.41, 5.74) is -1.72. The highest BCUT2D eigenvalue weighted by Gasteiger charge is 2.65. The molecule has 196 valence electrons. The van der Waals surface area contributed by atoms with Crippen LogP contribution in [-0.4, -0.2) is 36.7 Å². The van der Waals surface area contributed by atoms with Gasteiger partial charge in [-0.1, -0.05) is 19.9 Å². The molecule has 3 aromatic heterocycles. The lowest BCUT2D eigenvalue weighted by Gasteiger charge is -2.37. The molecule has 1 saturated carbocycles. The fourth-order valence-electron chi connectivity index (χ4n) is 6.17. The van der Waals surface area contributed by atoms with Crippen LogP contribution >= 0.6 is 0 Å². The van der Waals surface area contributed by atoms with Gasteiger partial charge in [-0.15, -0.1) is 5.10 Å². The van der Waals surface area contributed by atoms with Crippen LogP contribution in [0.1, 0.15) is 62.2 Å². The van der Waals surface area contributed by atoms with E-state index in [0.29, 0.717) is 17.8 Å². The molecule has 1 fully saturated rings. The molecule has 0 spiro atoms. The summed E-state index contributed by atoms with van der Waals surface area (Å²) in [5.74, 6) is -1.47. The second kappa shape index (κ2) is 8.13. The number of nitrogens with zero attached hydrogens (tertiary/aromatic N) is 5. The van der Waals surface area contributed by atoms with Gasteiger partial charge >= 0.3 is 0 Å². The van der Waals surface area contributed by atoms with Crippen LogP contribution in [0.4, 0.5) is 17.6 Å². The Labute approximate surface area is 215 Å². The van der Waals surface area contributed by atoms with Crippen molar-refractivity contribution in [1.82, 2.24) is 25.1 Å². The molecule has 1 aromatic carbocycles. The molecule has 3 heterocycles. The first-order valence-electron chi connectivity index (χ1n) is 12.1. The molecule has 1 N–H and O–H groups in total. The van der Waals surface area contributed by atoms with Gasteiger partial charge in [-0.3, -0.25) is 4.98 Å². The normalized spacial score (nSPS) is 23.0. The highest BCUT2D eigenvalue weighted by Crippen LogP contribution is 2.69. The molecular weight excluding hydrogens is 502 g/mol. The van der Waals surface area contributed by atoms with E-state index in [1.807, 2.05) is 0 Å². The second-order valence-electron chi connectivity index (χ2n) is 10.6. The van der Waals surface area contributed by atoms with Crippen LogP contribution in [0.25, 0.3) is 22.8 Å². The van der Waals surface area contributed by atoms with Gasteiger partial charge in [-0.2, -0.15) is 5.10 Å². The molecule has 0 saturated heterocycles. The van der Waals surface area contributed by atoms with Crippen LogP contribution in [0.2, 0.25) is 0 Å². The van der Waals surface area contributed by atoms with Crippen LogP contribution in [0.3, 0.4) is 0 Å². The van der Waals surface area contributed by atoms with Crippen LogP contribution in [-0.2, 0) is 11.0 Å². The minimum Gasteiger partial charge on any atom is -0.443 e. The van der Waals surface area contributed by atoms with Gasteiger partial charge in [-0.25, -0.2) is 27.5 Å². The first-order valence-corrected chi connectivity index (χ1v) is 12.1. The van der Waals surface area contributed by atoms with E-state index < -0.39 is 34.5 Å². The van der Waals surface area contributed by atoms with Crippen molar-refractivity contribution in [3.05, 3.63) is 77.2 Å². The van der Waals surface area contributed by atoms with E-state index >= 15 is 0 Å². The summed E-state index contributed by atoms with van der Waals surface area (Å²) >= 11 is 0. The standard InChI is InChI=1S/C27H23F4N5O2/c1-25(2)14-7-8-27(25,22-13(14)9-17(35-36-22)21-15(28)5-4-6-16(21)29)19-11-32-10-18(33-19)23-34-20(12-38-23)26(3,37)24(30)31/h4-6,9-12,14,24,37H,7-8H2,1-3H3/t14-,26?,27-/m0/s1. The lowest BCUT2D eigenvalue weighted by Crippen LogP contribution is -2.38. The number of hydrogen-bond donors (Lipinski definition) is 1. The van der Waals surface area contributed by atoms with Crippen molar-refractivity contribution in [2.45, 2.75) is 57.0 Å². The summed E-state index contributed by atoms with van der Waals surface area (Å²) in [7, 11) is 0. The van der Waals surface area contributed by atoms with Crippen molar-refractivity contribution in [2.24, 2.45) is 5.41 Å². The van der Waals surface area contributed by atoms with Gasteiger partial charge in [0.15, 0.2) is 5.60 Å². The lowest BCUT2D eigenvalue weighted by atomic mass is 9.66. The molecule has 0 amide bonds. The number of fused-ring (bicyclic) bond motifs is 5. The third-order valence-corrected chi connectivity index (χ3v) is 8.34. The molecule has 2 bridgehead atoms. The van der Waals surface area contributed by atoms with E-state index in [9.17, 15) is 22.7 Å². The minimum atomic E-state index is -3.07. The number of hydrogen-bond acceptors (Lipinski definition) is 7. The zero-order valence-electron chi connectivity index (χ0n) is 20.7. The molecule has 0 aliphatic heterocycles. The molecule has 6 rings (SSSR count). The lowest BCUT2D eigenvalue weighted by molar-refractivity contribution is -0.0910. The van der Waals surface area contributed by atoms with Gasteiger partial charge in [0, 0.05) is 6.20 Å². The van der Waals surface area contributed by atoms with E-state index in [2.05, 4.69) is 34.0 Å². The Morgan fingerprint density at radius 1 is 1.08 bits per heavy atom. The number of benzene rings is 1. The largest absolute Gasteiger partial charge is 0.443 e. The van der Waals surface area contributed by atoms with Crippen molar-refractivity contribution in [2.75, 3.05) is 0 Å². The summed E-state index contributed by atoms with van der Waals surface area (Å²) in [6.45, 7) is 5.14. The molecule has 1 unspecified atom stereocenters. The van der Waals surface area contributed by atoms with E-state index in [1.54, 1.807) is 12.3 Å². The third kappa shape index (κ3) is 3.20. The van der Waals surface area contributed by atoms with Crippen molar-refractivity contribution in [3.8, 4) is 22.8 Å². The number of rotatable bonds is 5. The van der Waals surface area contributed by atoms with Crippen molar-refractivity contribution in [1.29, 1.82) is 0 Å². The first-order chi connectivity index (χ1) is 18.0. The van der Waals surface area contributed by atoms with Crippen LogP contribution < -0.4 is 0 Å². The molecule has 11 heteroatoms. The van der Waals surface area contributed by atoms with Gasteiger partial charge in [0.05, 0.1) is 34.3 Å². The number of aromatic nitrogens is 5. The van der Waals surface area contributed by atoms with Crippen LogP contribution in [0.5, 0.6) is 0 Å². The van der Waals surface area contributed by atoms with Gasteiger partial charge in [0.1, 0.15) is 29.3 Å². The Balaban J connectivity index is 1.46. The van der Waals surface area contributed by atoms with E-state index in [4.69, 9.17) is 9.40 Å². The molecule has 2 aliphatic rings. The molecule has 38 heavy (non-hydrogen) atoms. The molecule has 7 nitrogen and oxygen atoms in total. The van der Waals surface area contributed by atoms with Crippen molar-refractivity contribution < 1.29 is 27.1 Å². The Kier molecular flexibility index (Phi) is 5.26. The quantitative estimate of drug-likeness (QED) is 0.342. The SMILES string of the molecule is CC(O)(c1coc(-c2cncc([C@@]34CC[C@@H](c5cc(-c6c(F)cccc6F)nnc53)C4(C)C)n2)n1)C(F)F. The number of halogens is 4. The Morgan fingerprint density at radius 2 is 1.82 bits per heavy atom. The Hall–Kier alpha value is -3.73. The van der Waals surface area contributed by atoms with Gasteiger partial charge in [0.25, 0.3) is 6.43 Å². The Morgan fingerprint density at radius 3 is 2.53 bits per heavy atom. The van der Waals surface area contributed by atoms with E-state index in [1.165, 1.54) is 24.4 Å². The number of alkyl halides is 2. The van der Waals surface area contributed by atoms with Gasteiger partial charge in [0.2, 0.25) is 5.89 Å². The highest BCUT2D eigenvalue weighted by molar-refractivity contribution is 5.64. The maximum atomic E-state index is 14.5. The number of oxazole rings is 1. The molecule has 3 atom stereocenters. The smallest absolute Gasteiger partial charge is 0.272 e.